The van der Waals surface area contributed by atoms with Gasteiger partial charge in [0.05, 0.1) is 10.9 Å². The zero-order valence-electron chi connectivity index (χ0n) is 33.7. The maximum absolute atomic E-state index is 5.40. The Morgan fingerprint density at radius 3 is 1.88 bits per heavy atom. The summed E-state index contributed by atoms with van der Waals surface area (Å²) in [5.41, 5.74) is 18.7. The molecule has 10 rings (SSSR count). The number of hydrogen-bond acceptors (Lipinski definition) is 1. The first-order valence-electron chi connectivity index (χ1n) is 21.5. The first kappa shape index (κ1) is 38.4. The Kier molecular flexibility index (Phi) is 10.8. The topological polar surface area (TPSA) is 12.9 Å². The first-order chi connectivity index (χ1) is 28.2. The molecule has 1 spiro atoms. The van der Waals surface area contributed by atoms with Crippen molar-refractivity contribution in [1.29, 1.82) is 0 Å². The molecule has 7 aromatic carbocycles. The van der Waals surface area contributed by atoms with Gasteiger partial charge in [0.2, 0.25) is 0 Å². The van der Waals surface area contributed by atoms with Gasteiger partial charge in [0.25, 0.3) is 0 Å². The minimum absolute atomic E-state index is 0. The molecule has 2 aliphatic rings. The summed E-state index contributed by atoms with van der Waals surface area (Å²) in [5, 5.41) is 3.79. The van der Waals surface area contributed by atoms with Crippen LogP contribution in [-0.2, 0) is 38.4 Å². The molecule has 0 N–H and O–H groups in total. The van der Waals surface area contributed by atoms with Crippen LogP contribution < -0.4 is 0 Å². The van der Waals surface area contributed by atoms with Crippen molar-refractivity contribution in [2.45, 2.75) is 83.5 Å². The second kappa shape index (κ2) is 16.2. The van der Waals surface area contributed by atoms with Gasteiger partial charge in [-0.15, -0.1) is 29.3 Å². The van der Waals surface area contributed by atoms with Gasteiger partial charge in [0.15, 0.2) is 0 Å². The number of benzene rings is 7. The van der Waals surface area contributed by atoms with Gasteiger partial charge in [-0.3, -0.25) is 4.98 Å². The summed E-state index contributed by atoms with van der Waals surface area (Å²) in [7, 11) is 0. The Hall–Kier alpha value is -5.14. The monoisotopic (exact) mass is 929 g/mol. The number of unbranched alkanes of at least 4 members (excludes halogenated alkanes) is 6. The molecular formula is C56H50IrN-. The fourth-order valence-electron chi connectivity index (χ4n) is 10.3. The van der Waals surface area contributed by atoms with Gasteiger partial charge < -0.3 is 0 Å². The van der Waals surface area contributed by atoms with Crippen molar-refractivity contribution in [3.8, 4) is 44.6 Å². The minimum Gasteiger partial charge on any atom is -0.296 e. The molecule has 1 nitrogen and oxygen atoms in total. The van der Waals surface area contributed by atoms with Crippen molar-refractivity contribution >= 4 is 21.7 Å². The Balaban J connectivity index is 0.00000436. The standard InChI is InChI=1S/C56H50N.Ir/c1-3-5-7-9-19-38-33-39(20-10-8-6-4-2)35-42(34-38)48-37-54(57-53-28-18-15-24-46(48)53)41-29-31-45-44-23-13-16-26-49(44)56(52(45)36-41)50-27-17-14-25-47(50)55-43-22-12-11-21-40(43)30-32-51(55)56;/h11-18,21-28,30-37H,3-10,19-20H2,1-2H3;/q-1;. The molecule has 58 heavy (non-hydrogen) atoms. The summed E-state index contributed by atoms with van der Waals surface area (Å²) < 4.78 is 0. The SMILES string of the molecule is CCCCCCc1cc(CCCCCC)cc(-c2cc(-c3[c-]cc4c(c3)C3(c5ccccc5-4)c4ccccc4-c4c3ccc3ccccc43)nc3ccccc23)c1.[Ir]. The number of pyridine rings is 1. The van der Waals surface area contributed by atoms with Gasteiger partial charge in [-0.1, -0.05) is 191 Å². The molecule has 289 valence electrons. The van der Waals surface area contributed by atoms with E-state index in [0.29, 0.717) is 0 Å². The Bertz CT molecular complexity index is 2760. The predicted molar refractivity (Wildman–Crippen MR) is 241 cm³/mol. The quantitative estimate of drug-likeness (QED) is 0.0879. The zero-order valence-corrected chi connectivity index (χ0v) is 36.1. The number of rotatable bonds is 12. The molecule has 1 atom stereocenters. The number of aromatic nitrogens is 1. The van der Waals surface area contributed by atoms with Crippen LogP contribution in [0, 0.1) is 6.07 Å². The average molecular weight is 929 g/mol. The van der Waals surface area contributed by atoms with Gasteiger partial charge in [-0.25, -0.2) is 0 Å². The van der Waals surface area contributed by atoms with Crippen LogP contribution in [0.25, 0.3) is 66.3 Å². The van der Waals surface area contributed by atoms with Gasteiger partial charge >= 0.3 is 0 Å². The average Bonchev–Trinajstić information content (AvgIpc) is 3.73. The van der Waals surface area contributed by atoms with Crippen LogP contribution >= 0.6 is 0 Å². The van der Waals surface area contributed by atoms with E-state index in [1.165, 1.54) is 134 Å². The third kappa shape index (κ3) is 6.37. The number of para-hydroxylation sites is 1. The van der Waals surface area contributed by atoms with E-state index in [4.69, 9.17) is 4.98 Å². The van der Waals surface area contributed by atoms with Crippen molar-refractivity contribution in [2.24, 2.45) is 0 Å². The van der Waals surface area contributed by atoms with E-state index in [-0.39, 0.29) is 20.1 Å². The van der Waals surface area contributed by atoms with Crippen LogP contribution in [0.3, 0.4) is 0 Å². The Morgan fingerprint density at radius 2 is 1.14 bits per heavy atom. The maximum atomic E-state index is 5.40. The van der Waals surface area contributed by atoms with Crippen LogP contribution in [0.5, 0.6) is 0 Å². The van der Waals surface area contributed by atoms with Crippen molar-refractivity contribution in [3.63, 3.8) is 0 Å². The third-order valence-electron chi connectivity index (χ3n) is 12.9. The second-order valence-corrected chi connectivity index (χ2v) is 16.5. The van der Waals surface area contributed by atoms with Crippen molar-refractivity contribution in [2.75, 3.05) is 0 Å². The number of aryl methyl sites for hydroxylation is 2. The second-order valence-electron chi connectivity index (χ2n) is 16.5. The summed E-state index contributed by atoms with van der Waals surface area (Å²) in [6.45, 7) is 4.59. The number of fused-ring (bicyclic) bond motifs is 13. The van der Waals surface area contributed by atoms with E-state index < -0.39 is 5.41 Å². The maximum Gasteiger partial charge on any atom is 0.0601 e. The summed E-state index contributed by atoms with van der Waals surface area (Å²) in [6.07, 6.45) is 12.5. The fraction of sp³-hybridized carbons (Fsp3) is 0.232. The molecule has 0 saturated heterocycles. The molecule has 0 amide bonds. The van der Waals surface area contributed by atoms with Crippen molar-refractivity contribution in [1.82, 2.24) is 4.98 Å². The van der Waals surface area contributed by atoms with Crippen LogP contribution in [0.15, 0.2) is 146 Å². The smallest absolute Gasteiger partial charge is 0.0601 e. The van der Waals surface area contributed by atoms with Crippen molar-refractivity contribution in [3.05, 3.63) is 185 Å². The summed E-state index contributed by atoms with van der Waals surface area (Å²) in [6, 6.07) is 58.8. The minimum atomic E-state index is -0.440. The van der Waals surface area contributed by atoms with E-state index in [9.17, 15) is 0 Å². The predicted octanol–water partition coefficient (Wildman–Crippen LogP) is 15.1. The Morgan fingerprint density at radius 1 is 0.500 bits per heavy atom. The molecule has 0 aliphatic heterocycles. The zero-order chi connectivity index (χ0) is 38.3. The van der Waals surface area contributed by atoms with Gasteiger partial charge in [0.1, 0.15) is 0 Å². The fourth-order valence-corrected chi connectivity index (χ4v) is 10.3. The molecule has 0 fully saturated rings. The van der Waals surface area contributed by atoms with E-state index >= 15 is 0 Å². The molecule has 0 saturated carbocycles. The molecule has 1 aromatic heterocycles. The molecule has 8 aromatic rings. The first-order valence-corrected chi connectivity index (χ1v) is 21.5. The van der Waals surface area contributed by atoms with E-state index in [1.54, 1.807) is 0 Å². The van der Waals surface area contributed by atoms with Gasteiger partial charge in [-0.05, 0) is 98.3 Å². The summed E-state index contributed by atoms with van der Waals surface area (Å²) in [4.78, 5) is 5.40. The molecule has 1 heterocycles. The molecular weight excluding hydrogens is 879 g/mol. The molecule has 0 bridgehead atoms. The molecule has 2 heteroatoms. The van der Waals surface area contributed by atoms with E-state index in [1.807, 2.05) is 0 Å². The molecule has 1 unspecified atom stereocenters. The van der Waals surface area contributed by atoms with Crippen LogP contribution in [0.2, 0.25) is 0 Å². The van der Waals surface area contributed by atoms with Gasteiger partial charge in [-0.2, -0.15) is 0 Å². The Labute approximate surface area is 358 Å². The largest absolute Gasteiger partial charge is 0.296 e. The van der Waals surface area contributed by atoms with E-state index in [2.05, 4.69) is 166 Å². The summed E-state index contributed by atoms with van der Waals surface area (Å²) >= 11 is 0. The van der Waals surface area contributed by atoms with Crippen LogP contribution in [-0.4, -0.2) is 4.98 Å². The summed E-state index contributed by atoms with van der Waals surface area (Å²) in [5.74, 6) is 0. The number of nitrogens with zero attached hydrogens (tertiary/aromatic N) is 1. The van der Waals surface area contributed by atoms with Crippen LogP contribution in [0.4, 0.5) is 0 Å². The van der Waals surface area contributed by atoms with Crippen LogP contribution in [0.1, 0.15) is 98.6 Å². The van der Waals surface area contributed by atoms with Crippen molar-refractivity contribution < 1.29 is 20.1 Å². The third-order valence-corrected chi connectivity index (χ3v) is 12.9. The number of hydrogen-bond donors (Lipinski definition) is 0. The normalized spacial score (nSPS) is 14.7. The molecule has 1 radical (unpaired) electrons. The molecule has 2 aliphatic carbocycles. The van der Waals surface area contributed by atoms with Gasteiger partial charge in [0, 0.05) is 25.5 Å². The van der Waals surface area contributed by atoms with E-state index in [0.717, 1.165) is 29.6 Å².